The number of nitrogens with zero attached hydrogens (tertiary/aromatic N) is 1. The van der Waals surface area contributed by atoms with Crippen molar-refractivity contribution in [3.8, 4) is 17.1 Å². The Balaban J connectivity index is 1.61. The molecule has 25 heavy (non-hydrogen) atoms. The molecule has 0 radical (unpaired) electrons. The number of para-hydroxylation sites is 1. The Morgan fingerprint density at radius 2 is 1.80 bits per heavy atom. The van der Waals surface area contributed by atoms with Crippen molar-refractivity contribution >= 4 is 34.7 Å². The minimum absolute atomic E-state index is 0.175. The summed E-state index contributed by atoms with van der Waals surface area (Å²) in [6.45, 7) is 0. The summed E-state index contributed by atoms with van der Waals surface area (Å²) in [5.74, 6) is 1.65. The average Bonchev–Trinajstić information content (AvgIpc) is 3.10. The van der Waals surface area contributed by atoms with Crippen LogP contribution in [-0.4, -0.2) is 10.1 Å². The highest BCUT2D eigenvalue weighted by Crippen LogP contribution is 2.26. The summed E-state index contributed by atoms with van der Waals surface area (Å²) in [7, 11) is 0. The van der Waals surface area contributed by atoms with Crippen LogP contribution in [-0.2, 0) is 0 Å². The normalized spacial score (nSPS) is 11.4. The minimum atomic E-state index is 0.175. The van der Waals surface area contributed by atoms with Gasteiger partial charge in [0.1, 0.15) is 22.8 Å². The Labute approximate surface area is 149 Å². The van der Waals surface area contributed by atoms with Gasteiger partial charge in [-0.2, -0.15) is 0 Å². The summed E-state index contributed by atoms with van der Waals surface area (Å²) in [6.07, 6.45) is 3.70. The number of hydrogen-bond acceptors (Lipinski definition) is 3. The fraction of sp³-hybridized carbons (Fsp3) is 0. The molecule has 2 aromatic heterocycles. The van der Waals surface area contributed by atoms with Gasteiger partial charge in [-0.1, -0.05) is 41.9 Å². The average molecular weight is 348 g/mol. The molecule has 2 heterocycles. The third kappa shape index (κ3) is 3.28. The largest absolute Gasteiger partial charge is 0.506 e. The van der Waals surface area contributed by atoms with Crippen LogP contribution in [0.3, 0.4) is 0 Å². The Morgan fingerprint density at radius 1 is 0.920 bits per heavy atom. The van der Waals surface area contributed by atoms with Gasteiger partial charge in [-0.15, -0.1) is 0 Å². The first-order chi connectivity index (χ1) is 12.2. The van der Waals surface area contributed by atoms with Crippen LogP contribution >= 0.6 is 11.6 Å². The first-order valence-corrected chi connectivity index (χ1v) is 8.19. The lowest BCUT2D eigenvalue weighted by molar-refractivity contribution is 0.480. The van der Waals surface area contributed by atoms with Crippen LogP contribution in [0.2, 0.25) is 5.02 Å². The zero-order valence-electron chi connectivity index (χ0n) is 13.2. The molecule has 0 bridgehead atoms. The summed E-state index contributed by atoms with van der Waals surface area (Å²) in [6, 6.07) is 20.5. The number of rotatable bonds is 3. The zero-order valence-corrected chi connectivity index (χ0v) is 13.9. The molecule has 0 saturated carbocycles. The predicted molar refractivity (Wildman–Crippen MR) is 101 cm³/mol. The lowest BCUT2D eigenvalue weighted by atomic mass is 10.2. The van der Waals surface area contributed by atoms with Crippen LogP contribution in [0.5, 0.6) is 5.75 Å². The molecule has 0 fully saturated rings. The van der Waals surface area contributed by atoms with E-state index in [2.05, 4.69) is 4.98 Å². The smallest absolute Gasteiger partial charge is 0.141 e. The van der Waals surface area contributed by atoms with Crippen molar-refractivity contribution in [1.29, 1.82) is 0 Å². The van der Waals surface area contributed by atoms with Crippen molar-refractivity contribution in [3.05, 3.63) is 83.2 Å². The second kappa shape index (κ2) is 6.46. The van der Waals surface area contributed by atoms with Crippen LogP contribution in [0, 0.1) is 0 Å². The number of hydrogen-bond donors (Lipinski definition) is 1. The standard InChI is InChI=1S/C21H14ClNO2/c22-16-5-1-4-15(13-16)20-12-11-18(25-20)10-9-17-8-7-14-3-2-6-19(24)21(14)23-17/h1-13,24H/b10-9-. The maximum absolute atomic E-state index is 9.92. The van der Waals surface area contributed by atoms with Gasteiger partial charge in [-0.05, 0) is 48.6 Å². The van der Waals surface area contributed by atoms with Crippen LogP contribution in [0.4, 0.5) is 0 Å². The molecule has 0 atom stereocenters. The summed E-state index contributed by atoms with van der Waals surface area (Å²) in [4.78, 5) is 4.47. The molecule has 3 nitrogen and oxygen atoms in total. The number of pyridine rings is 1. The van der Waals surface area contributed by atoms with E-state index in [9.17, 15) is 5.11 Å². The highest BCUT2D eigenvalue weighted by atomic mass is 35.5. The van der Waals surface area contributed by atoms with Gasteiger partial charge in [-0.3, -0.25) is 0 Å². The van der Waals surface area contributed by atoms with Gasteiger partial charge in [0.25, 0.3) is 0 Å². The number of furan rings is 1. The second-order valence-electron chi connectivity index (χ2n) is 5.63. The predicted octanol–water partition coefficient (Wildman–Crippen LogP) is 6.02. The van der Waals surface area contributed by atoms with Crippen LogP contribution in [0.15, 0.2) is 71.1 Å². The highest BCUT2D eigenvalue weighted by Gasteiger charge is 2.04. The number of phenolic OH excluding ortho intramolecular Hbond substituents is 1. The van der Waals surface area contributed by atoms with E-state index in [1.807, 2.05) is 66.7 Å². The first-order valence-electron chi connectivity index (χ1n) is 7.82. The van der Waals surface area contributed by atoms with E-state index in [0.29, 0.717) is 16.3 Å². The third-order valence-corrected chi connectivity index (χ3v) is 4.11. The van der Waals surface area contributed by atoms with Crippen molar-refractivity contribution in [1.82, 2.24) is 4.98 Å². The van der Waals surface area contributed by atoms with Crippen molar-refractivity contribution in [2.45, 2.75) is 0 Å². The molecular formula is C21H14ClNO2. The summed E-state index contributed by atoms with van der Waals surface area (Å²) >= 11 is 6.02. The second-order valence-corrected chi connectivity index (χ2v) is 6.07. The van der Waals surface area contributed by atoms with Crippen LogP contribution in [0.1, 0.15) is 11.5 Å². The fourth-order valence-electron chi connectivity index (χ4n) is 2.65. The van der Waals surface area contributed by atoms with E-state index in [1.54, 1.807) is 12.1 Å². The molecule has 1 N–H and O–H groups in total. The van der Waals surface area contributed by atoms with Crippen molar-refractivity contribution in [2.75, 3.05) is 0 Å². The molecule has 0 unspecified atom stereocenters. The molecule has 4 heteroatoms. The van der Waals surface area contributed by atoms with E-state index in [4.69, 9.17) is 16.0 Å². The molecule has 0 aliphatic rings. The van der Waals surface area contributed by atoms with Gasteiger partial charge >= 0.3 is 0 Å². The quantitative estimate of drug-likeness (QED) is 0.492. The summed E-state index contributed by atoms with van der Waals surface area (Å²) < 4.78 is 5.84. The molecule has 0 aliphatic heterocycles. The number of fused-ring (bicyclic) bond motifs is 1. The van der Waals surface area contributed by atoms with Gasteiger partial charge in [0, 0.05) is 16.0 Å². The summed E-state index contributed by atoms with van der Waals surface area (Å²) in [5.41, 5.74) is 2.26. The van der Waals surface area contributed by atoms with Gasteiger partial charge < -0.3 is 9.52 Å². The van der Waals surface area contributed by atoms with Gasteiger partial charge in [-0.25, -0.2) is 4.98 Å². The molecule has 0 spiro atoms. The van der Waals surface area contributed by atoms with Crippen molar-refractivity contribution in [3.63, 3.8) is 0 Å². The third-order valence-electron chi connectivity index (χ3n) is 3.87. The van der Waals surface area contributed by atoms with Gasteiger partial charge in [0.15, 0.2) is 0 Å². The zero-order chi connectivity index (χ0) is 17.2. The van der Waals surface area contributed by atoms with E-state index in [0.717, 1.165) is 22.4 Å². The Bertz CT molecular complexity index is 1080. The minimum Gasteiger partial charge on any atom is -0.506 e. The first kappa shape index (κ1) is 15.5. The topological polar surface area (TPSA) is 46.3 Å². The van der Waals surface area contributed by atoms with Gasteiger partial charge in [0.05, 0.1) is 5.69 Å². The van der Waals surface area contributed by atoms with E-state index >= 15 is 0 Å². The molecule has 122 valence electrons. The van der Waals surface area contributed by atoms with E-state index in [1.165, 1.54) is 0 Å². The maximum atomic E-state index is 9.92. The number of phenols is 1. The number of aromatic hydroxyl groups is 1. The number of benzene rings is 2. The Morgan fingerprint density at radius 3 is 2.68 bits per heavy atom. The number of aromatic nitrogens is 1. The highest BCUT2D eigenvalue weighted by molar-refractivity contribution is 6.30. The van der Waals surface area contributed by atoms with Crippen molar-refractivity contribution < 1.29 is 9.52 Å². The monoisotopic (exact) mass is 347 g/mol. The maximum Gasteiger partial charge on any atom is 0.141 e. The lowest BCUT2D eigenvalue weighted by Gasteiger charge is -2.01. The Hall–Kier alpha value is -3.04. The SMILES string of the molecule is Oc1cccc2ccc(/C=C\c3ccc(-c4cccc(Cl)c4)o3)nc12. The lowest BCUT2D eigenvalue weighted by Crippen LogP contribution is -1.83. The fourth-order valence-corrected chi connectivity index (χ4v) is 2.84. The molecule has 0 amide bonds. The molecule has 0 aliphatic carbocycles. The molecule has 4 aromatic rings. The Kier molecular flexibility index (Phi) is 4.00. The van der Waals surface area contributed by atoms with Gasteiger partial charge in [0.2, 0.25) is 0 Å². The molecule has 4 rings (SSSR count). The van der Waals surface area contributed by atoms with Crippen molar-refractivity contribution in [2.24, 2.45) is 0 Å². The molecular weight excluding hydrogens is 334 g/mol. The van der Waals surface area contributed by atoms with E-state index < -0.39 is 0 Å². The molecule has 0 saturated heterocycles. The van der Waals surface area contributed by atoms with Crippen LogP contribution in [0.25, 0.3) is 34.4 Å². The van der Waals surface area contributed by atoms with E-state index in [-0.39, 0.29) is 5.75 Å². The molecule has 2 aromatic carbocycles. The summed E-state index contributed by atoms with van der Waals surface area (Å²) in [5, 5.41) is 11.5. The van der Waals surface area contributed by atoms with Crippen LogP contribution < -0.4 is 0 Å². The number of halogens is 1.